The molecule has 0 saturated carbocycles. The molecule has 0 spiro atoms. The number of hydrogen-bond acceptors (Lipinski definition) is 2. The summed E-state index contributed by atoms with van der Waals surface area (Å²) in [4.78, 5) is 6.71. The third-order valence-electron chi connectivity index (χ3n) is 4.63. The molecule has 3 heteroatoms. The second-order valence-electron chi connectivity index (χ2n) is 6.49. The molecule has 27 heavy (non-hydrogen) atoms. The average molecular weight is 375 g/mol. The smallest absolute Gasteiger partial charge is 0.0703 e. The lowest BCUT2D eigenvalue weighted by Gasteiger charge is -2.19. The molecule has 0 atom stereocenters. The van der Waals surface area contributed by atoms with Crippen molar-refractivity contribution in [2.45, 2.75) is 13.8 Å². The predicted octanol–water partition coefficient (Wildman–Crippen LogP) is 6.91. The van der Waals surface area contributed by atoms with Gasteiger partial charge in [-0.2, -0.15) is 0 Å². The fourth-order valence-electron chi connectivity index (χ4n) is 2.91. The van der Waals surface area contributed by atoms with Crippen LogP contribution >= 0.6 is 11.6 Å². The number of benzene rings is 2. The van der Waals surface area contributed by atoms with E-state index in [1.165, 1.54) is 11.1 Å². The van der Waals surface area contributed by atoms with Gasteiger partial charge in [-0.1, -0.05) is 42.5 Å². The molecule has 0 aliphatic heterocycles. The standard InChI is InChI=1S/C24H23ClN2/c1-5-6-19-15-20(8-7-17(19)2)18(3)24-14-13-23(16-26-24)27(4)22-11-9-21(25)10-12-22/h5-16H,3H2,1-2,4H3/b6-5+. The molecule has 0 aliphatic carbocycles. The maximum atomic E-state index is 5.97. The Morgan fingerprint density at radius 2 is 1.74 bits per heavy atom. The van der Waals surface area contributed by atoms with Gasteiger partial charge in [0.05, 0.1) is 17.6 Å². The predicted molar refractivity (Wildman–Crippen MR) is 118 cm³/mol. The minimum atomic E-state index is 0.729. The number of aryl methyl sites for hydroxylation is 1. The fraction of sp³-hybridized carbons (Fsp3) is 0.125. The van der Waals surface area contributed by atoms with Gasteiger partial charge in [0.15, 0.2) is 0 Å². The van der Waals surface area contributed by atoms with Crippen LogP contribution in [-0.2, 0) is 0 Å². The SMILES string of the molecule is C=C(c1ccc(C)c(/C=C/C)c1)c1ccc(N(C)c2ccc(Cl)cc2)cn1. The second kappa shape index (κ2) is 8.24. The summed E-state index contributed by atoms with van der Waals surface area (Å²) >= 11 is 5.97. The highest BCUT2D eigenvalue weighted by atomic mass is 35.5. The maximum absolute atomic E-state index is 5.97. The van der Waals surface area contributed by atoms with Crippen LogP contribution in [0.3, 0.4) is 0 Å². The van der Waals surface area contributed by atoms with Crippen LogP contribution in [0.2, 0.25) is 5.02 Å². The van der Waals surface area contributed by atoms with Crippen LogP contribution in [0.25, 0.3) is 11.6 Å². The number of halogens is 1. The highest BCUT2D eigenvalue weighted by Gasteiger charge is 2.08. The molecule has 136 valence electrons. The van der Waals surface area contributed by atoms with Gasteiger partial charge in [0.1, 0.15) is 0 Å². The number of rotatable bonds is 5. The fourth-order valence-corrected chi connectivity index (χ4v) is 3.04. The summed E-state index contributed by atoms with van der Waals surface area (Å²) in [5.41, 5.74) is 7.39. The molecule has 0 aliphatic rings. The van der Waals surface area contributed by atoms with E-state index in [9.17, 15) is 0 Å². The minimum Gasteiger partial charge on any atom is -0.343 e. The van der Waals surface area contributed by atoms with Crippen molar-refractivity contribution in [1.29, 1.82) is 0 Å². The molecule has 2 nitrogen and oxygen atoms in total. The first-order chi connectivity index (χ1) is 13.0. The number of pyridine rings is 1. The molecule has 1 heterocycles. The van der Waals surface area contributed by atoms with Gasteiger partial charge >= 0.3 is 0 Å². The van der Waals surface area contributed by atoms with Gasteiger partial charge in [-0.3, -0.25) is 4.98 Å². The summed E-state index contributed by atoms with van der Waals surface area (Å²) in [5.74, 6) is 0. The van der Waals surface area contributed by atoms with Crippen molar-refractivity contribution in [2.24, 2.45) is 0 Å². The summed E-state index contributed by atoms with van der Waals surface area (Å²) in [6.45, 7) is 8.39. The molecule has 2 aromatic carbocycles. The molecule has 3 aromatic rings. The van der Waals surface area contributed by atoms with E-state index < -0.39 is 0 Å². The van der Waals surface area contributed by atoms with Gasteiger partial charge in [0.2, 0.25) is 0 Å². The molecule has 0 unspecified atom stereocenters. The van der Waals surface area contributed by atoms with Crippen LogP contribution in [0, 0.1) is 6.92 Å². The Morgan fingerprint density at radius 3 is 2.37 bits per heavy atom. The van der Waals surface area contributed by atoms with Gasteiger partial charge in [0.25, 0.3) is 0 Å². The Bertz CT molecular complexity index is 970. The number of nitrogens with zero attached hydrogens (tertiary/aromatic N) is 2. The van der Waals surface area contributed by atoms with E-state index >= 15 is 0 Å². The topological polar surface area (TPSA) is 16.1 Å². The van der Waals surface area contributed by atoms with E-state index in [0.29, 0.717) is 0 Å². The summed E-state index contributed by atoms with van der Waals surface area (Å²) in [6.07, 6.45) is 6.04. The summed E-state index contributed by atoms with van der Waals surface area (Å²) in [6, 6.07) is 18.2. The third kappa shape index (κ3) is 4.29. The number of anilines is 2. The highest BCUT2D eigenvalue weighted by molar-refractivity contribution is 6.30. The second-order valence-corrected chi connectivity index (χ2v) is 6.92. The largest absolute Gasteiger partial charge is 0.343 e. The highest BCUT2D eigenvalue weighted by Crippen LogP contribution is 2.27. The lowest BCUT2D eigenvalue weighted by atomic mass is 9.98. The average Bonchev–Trinajstić information content (AvgIpc) is 2.69. The molecule has 0 bridgehead atoms. The number of hydrogen-bond donors (Lipinski definition) is 0. The summed E-state index contributed by atoms with van der Waals surface area (Å²) in [7, 11) is 2.01. The normalized spacial score (nSPS) is 11.0. The minimum absolute atomic E-state index is 0.729. The van der Waals surface area contributed by atoms with E-state index in [1.807, 2.05) is 50.5 Å². The number of aromatic nitrogens is 1. The molecule has 1 aromatic heterocycles. The van der Waals surface area contributed by atoms with Crippen LogP contribution in [0.4, 0.5) is 11.4 Å². The van der Waals surface area contributed by atoms with Crippen LogP contribution in [-0.4, -0.2) is 12.0 Å². The van der Waals surface area contributed by atoms with Crippen molar-refractivity contribution >= 4 is 34.6 Å². The molecule has 0 fully saturated rings. The van der Waals surface area contributed by atoms with E-state index in [2.05, 4.69) is 59.8 Å². The van der Waals surface area contributed by atoms with E-state index in [0.717, 1.165) is 33.2 Å². The Hall–Kier alpha value is -2.84. The molecular formula is C24H23ClN2. The van der Waals surface area contributed by atoms with Crippen molar-refractivity contribution in [1.82, 2.24) is 4.98 Å². The van der Waals surface area contributed by atoms with Gasteiger partial charge in [-0.15, -0.1) is 0 Å². The van der Waals surface area contributed by atoms with Gasteiger partial charge in [-0.05, 0) is 73.0 Å². The molecule has 0 amide bonds. The van der Waals surface area contributed by atoms with Crippen molar-refractivity contribution in [3.63, 3.8) is 0 Å². The lowest BCUT2D eigenvalue weighted by Crippen LogP contribution is -2.09. The van der Waals surface area contributed by atoms with Crippen LogP contribution in [0.1, 0.15) is 29.3 Å². The molecular weight excluding hydrogens is 352 g/mol. The Balaban J connectivity index is 1.83. The quantitative estimate of drug-likeness (QED) is 0.482. The van der Waals surface area contributed by atoms with E-state index in [-0.39, 0.29) is 0 Å². The molecule has 0 N–H and O–H groups in total. The zero-order valence-corrected chi connectivity index (χ0v) is 16.7. The Kier molecular flexibility index (Phi) is 5.78. The van der Waals surface area contributed by atoms with Crippen LogP contribution < -0.4 is 4.90 Å². The Labute approximate surface area is 166 Å². The van der Waals surface area contributed by atoms with E-state index in [4.69, 9.17) is 11.6 Å². The van der Waals surface area contributed by atoms with Crippen molar-refractivity contribution in [3.05, 3.63) is 101 Å². The lowest BCUT2D eigenvalue weighted by molar-refractivity contribution is 1.16. The van der Waals surface area contributed by atoms with Gasteiger partial charge < -0.3 is 4.90 Å². The van der Waals surface area contributed by atoms with Crippen molar-refractivity contribution < 1.29 is 0 Å². The zero-order valence-electron chi connectivity index (χ0n) is 15.9. The number of allylic oxidation sites excluding steroid dienone is 1. The first-order valence-electron chi connectivity index (χ1n) is 8.88. The molecule has 0 radical (unpaired) electrons. The molecule has 0 saturated heterocycles. The maximum Gasteiger partial charge on any atom is 0.0703 e. The third-order valence-corrected chi connectivity index (χ3v) is 4.88. The van der Waals surface area contributed by atoms with Crippen molar-refractivity contribution in [3.8, 4) is 0 Å². The van der Waals surface area contributed by atoms with Crippen LogP contribution in [0.5, 0.6) is 0 Å². The summed E-state index contributed by atoms with van der Waals surface area (Å²) in [5, 5.41) is 0.729. The Morgan fingerprint density at radius 1 is 1.04 bits per heavy atom. The van der Waals surface area contributed by atoms with Crippen molar-refractivity contribution in [2.75, 3.05) is 11.9 Å². The van der Waals surface area contributed by atoms with E-state index in [1.54, 1.807) is 0 Å². The van der Waals surface area contributed by atoms with Gasteiger partial charge in [0, 0.05) is 23.3 Å². The zero-order chi connectivity index (χ0) is 19.4. The molecule has 3 rings (SSSR count). The monoisotopic (exact) mass is 374 g/mol. The van der Waals surface area contributed by atoms with Crippen LogP contribution in [0.15, 0.2) is 73.4 Å². The van der Waals surface area contributed by atoms with Gasteiger partial charge in [-0.25, -0.2) is 0 Å². The first kappa shape index (κ1) is 18.9. The summed E-state index contributed by atoms with van der Waals surface area (Å²) < 4.78 is 0. The first-order valence-corrected chi connectivity index (χ1v) is 9.25.